The molecule has 1 aliphatic carbocycles. The first-order valence-corrected chi connectivity index (χ1v) is 7.27. The monoisotopic (exact) mass is 259 g/mol. The first kappa shape index (κ1) is 11.7. The number of benzene rings is 1. The predicted molar refractivity (Wildman–Crippen MR) is 76.2 cm³/mol. The van der Waals surface area contributed by atoms with Gasteiger partial charge in [0.15, 0.2) is 0 Å². The lowest BCUT2D eigenvalue weighted by atomic mass is 10.1. The van der Waals surface area contributed by atoms with Gasteiger partial charge in [-0.05, 0) is 49.6 Å². The van der Waals surface area contributed by atoms with Crippen LogP contribution in [-0.2, 0) is 0 Å². The second-order valence-electron chi connectivity index (χ2n) is 5.15. The molecule has 0 bridgehead atoms. The average molecular weight is 259 g/mol. The fourth-order valence-electron chi connectivity index (χ4n) is 2.38. The van der Waals surface area contributed by atoms with E-state index in [1.54, 1.807) is 11.3 Å². The van der Waals surface area contributed by atoms with Gasteiger partial charge in [-0.15, -0.1) is 11.3 Å². The van der Waals surface area contributed by atoms with Crippen LogP contribution in [0, 0.1) is 12.8 Å². The van der Waals surface area contributed by atoms with Crippen LogP contribution in [-0.4, -0.2) is 11.9 Å². The number of rotatable bonds is 3. The van der Waals surface area contributed by atoms with Gasteiger partial charge in [0.1, 0.15) is 0 Å². The Bertz CT molecular complexity index is 598. The molecule has 2 aromatic rings. The molecular formula is C15H17NOS. The molecule has 1 N–H and O–H groups in total. The van der Waals surface area contributed by atoms with Crippen LogP contribution in [0.15, 0.2) is 24.3 Å². The quantitative estimate of drug-likeness (QED) is 0.894. The fourth-order valence-corrected chi connectivity index (χ4v) is 3.49. The number of carbonyl (C=O) groups excluding carboxylic acids is 1. The minimum atomic E-state index is 0.0908. The number of thiophene rings is 1. The lowest BCUT2D eigenvalue weighted by Crippen LogP contribution is -2.33. The van der Waals surface area contributed by atoms with E-state index in [-0.39, 0.29) is 5.91 Å². The topological polar surface area (TPSA) is 29.1 Å². The predicted octanol–water partition coefficient (Wildman–Crippen LogP) is 3.74. The van der Waals surface area contributed by atoms with Gasteiger partial charge in [-0.3, -0.25) is 4.79 Å². The summed E-state index contributed by atoms with van der Waals surface area (Å²) in [6, 6.07) is 8.52. The summed E-state index contributed by atoms with van der Waals surface area (Å²) in [4.78, 5) is 13.1. The van der Waals surface area contributed by atoms with E-state index < -0.39 is 0 Å². The highest BCUT2D eigenvalue weighted by Gasteiger charge is 2.29. The zero-order chi connectivity index (χ0) is 12.7. The number of amides is 1. The smallest absolute Gasteiger partial charge is 0.261 e. The van der Waals surface area contributed by atoms with Crippen LogP contribution < -0.4 is 5.32 Å². The maximum atomic E-state index is 12.3. The van der Waals surface area contributed by atoms with Crippen molar-refractivity contribution in [3.8, 4) is 0 Å². The standard InChI is InChI=1S/C15H17NOS/c1-9-12-5-3-4-6-13(12)18-14(9)15(17)16-10(2)11-7-8-11/h3-6,10-11H,7-8H2,1-2H3,(H,16,17)/t10-/m1/s1. The Kier molecular flexibility index (Phi) is 2.86. The lowest BCUT2D eigenvalue weighted by molar-refractivity contribution is 0.0939. The highest BCUT2D eigenvalue weighted by Crippen LogP contribution is 2.34. The first-order chi connectivity index (χ1) is 8.66. The zero-order valence-electron chi connectivity index (χ0n) is 10.7. The third-order valence-corrected chi connectivity index (χ3v) is 5.01. The average Bonchev–Trinajstić information content (AvgIpc) is 3.15. The Labute approximate surface area is 111 Å². The molecule has 94 valence electrons. The van der Waals surface area contributed by atoms with Crippen molar-refractivity contribution in [3.63, 3.8) is 0 Å². The molecular weight excluding hydrogens is 242 g/mol. The highest BCUT2D eigenvalue weighted by atomic mass is 32.1. The van der Waals surface area contributed by atoms with E-state index in [4.69, 9.17) is 0 Å². The van der Waals surface area contributed by atoms with E-state index in [1.165, 1.54) is 22.9 Å². The molecule has 1 aromatic carbocycles. The summed E-state index contributed by atoms with van der Waals surface area (Å²) in [6.07, 6.45) is 2.51. The maximum Gasteiger partial charge on any atom is 0.261 e. The molecule has 18 heavy (non-hydrogen) atoms. The van der Waals surface area contributed by atoms with Crippen LogP contribution in [0.5, 0.6) is 0 Å². The summed E-state index contributed by atoms with van der Waals surface area (Å²) < 4.78 is 1.19. The fraction of sp³-hybridized carbons (Fsp3) is 0.400. The Balaban J connectivity index is 1.88. The van der Waals surface area contributed by atoms with Crippen LogP contribution in [0.4, 0.5) is 0 Å². The van der Waals surface area contributed by atoms with Gasteiger partial charge in [-0.25, -0.2) is 0 Å². The van der Waals surface area contributed by atoms with Gasteiger partial charge in [0.2, 0.25) is 0 Å². The largest absolute Gasteiger partial charge is 0.349 e. The van der Waals surface area contributed by atoms with E-state index in [0.29, 0.717) is 12.0 Å². The molecule has 2 nitrogen and oxygen atoms in total. The van der Waals surface area contributed by atoms with E-state index in [9.17, 15) is 4.79 Å². The van der Waals surface area contributed by atoms with Crippen LogP contribution in [0.1, 0.15) is 35.0 Å². The van der Waals surface area contributed by atoms with E-state index in [0.717, 1.165) is 10.4 Å². The van der Waals surface area contributed by atoms with Crippen LogP contribution >= 0.6 is 11.3 Å². The van der Waals surface area contributed by atoms with Crippen molar-refractivity contribution in [1.82, 2.24) is 5.32 Å². The minimum Gasteiger partial charge on any atom is -0.349 e. The molecule has 0 radical (unpaired) electrons. The van der Waals surface area contributed by atoms with Crippen LogP contribution in [0.25, 0.3) is 10.1 Å². The zero-order valence-corrected chi connectivity index (χ0v) is 11.5. The molecule has 1 amide bonds. The van der Waals surface area contributed by atoms with Gasteiger partial charge in [0, 0.05) is 10.7 Å². The molecule has 1 aromatic heterocycles. The Hall–Kier alpha value is -1.35. The molecule has 0 spiro atoms. The second-order valence-corrected chi connectivity index (χ2v) is 6.20. The number of carbonyl (C=O) groups is 1. The van der Waals surface area contributed by atoms with Crippen molar-refractivity contribution >= 4 is 27.3 Å². The third kappa shape index (κ3) is 2.03. The molecule has 3 rings (SSSR count). The number of hydrogen-bond acceptors (Lipinski definition) is 2. The number of hydrogen-bond donors (Lipinski definition) is 1. The molecule has 0 unspecified atom stereocenters. The van der Waals surface area contributed by atoms with Crippen molar-refractivity contribution in [1.29, 1.82) is 0 Å². The number of aryl methyl sites for hydroxylation is 1. The van der Waals surface area contributed by atoms with Crippen molar-refractivity contribution in [2.45, 2.75) is 32.7 Å². The summed E-state index contributed by atoms with van der Waals surface area (Å²) >= 11 is 1.59. The van der Waals surface area contributed by atoms with Gasteiger partial charge >= 0.3 is 0 Å². The SMILES string of the molecule is Cc1c(C(=O)N[C@H](C)C2CC2)sc2ccccc12. The van der Waals surface area contributed by atoms with Gasteiger partial charge in [0.25, 0.3) is 5.91 Å². The molecule has 0 aliphatic heterocycles. The normalized spacial score (nSPS) is 16.8. The summed E-state index contributed by atoms with van der Waals surface area (Å²) in [5, 5.41) is 4.33. The molecule has 1 atom stereocenters. The van der Waals surface area contributed by atoms with Crippen molar-refractivity contribution in [2.75, 3.05) is 0 Å². The molecule has 1 heterocycles. The summed E-state index contributed by atoms with van der Waals surface area (Å²) in [5.41, 5.74) is 1.11. The van der Waals surface area contributed by atoms with Crippen molar-refractivity contribution in [3.05, 3.63) is 34.7 Å². The third-order valence-electron chi connectivity index (χ3n) is 3.74. The van der Waals surface area contributed by atoms with Gasteiger partial charge in [-0.2, -0.15) is 0 Å². The number of fused-ring (bicyclic) bond motifs is 1. The molecule has 1 fully saturated rings. The highest BCUT2D eigenvalue weighted by molar-refractivity contribution is 7.21. The van der Waals surface area contributed by atoms with Gasteiger partial charge in [-0.1, -0.05) is 18.2 Å². The van der Waals surface area contributed by atoms with Crippen molar-refractivity contribution in [2.24, 2.45) is 5.92 Å². The first-order valence-electron chi connectivity index (χ1n) is 6.46. The van der Waals surface area contributed by atoms with E-state index >= 15 is 0 Å². The summed E-state index contributed by atoms with van der Waals surface area (Å²) in [7, 11) is 0. The molecule has 1 aliphatic rings. The lowest BCUT2D eigenvalue weighted by Gasteiger charge is -2.12. The summed E-state index contributed by atoms with van der Waals surface area (Å²) in [6.45, 7) is 4.15. The molecule has 1 saturated carbocycles. The molecule has 3 heteroatoms. The Morgan fingerprint density at radius 2 is 2.11 bits per heavy atom. The minimum absolute atomic E-state index is 0.0908. The van der Waals surface area contributed by atoms with E-state index in [1.807, 2.05) is 19.1 Å². The van der Waals surface area contributed by atoms with Crippen LogP contribution in [0.3, 0.4) is 0 Å². The molecule has 0 saturated heterocycles. The Morgan fingerprint density at radius 3 is 2.78 bits per heavy atom. The van der Waals surface area contributed by atoms with Crippen LogP contribution in [0.2, 0.25) is 0 Å². The maximum absolute atomic E-state index is 12.3. The Morgan fingerprint density at radius 1 is 1.39 bits per heavy atom. The summed E-state index contributed by atoms with van der Waals surface area (Å²) in [5.74, 6) is 0.789. The van der Waals surface area contributed by atoms with E-state index in [2.05, 4.69) is 24.4 Å². The van der Waals surface area contributed by atoms with Crippen molar-refractivity contribution < 1.29 is 4.79 Å². The second kappa shape index (κ2) is 4.39. The van der Waals surface area contributed by atoms with Gasteiger partial charge < -0.3 is 5.32 Å². The van der Waals surface area contributed by atoms with Gasteiger partial charge in [0.05, 0.1) is 4.88 Å². The number of nitrogens with one attached hydrogen (secondary N) is 1.